The highest BCUT2D eigenvalue weighted by molar-refractivity contribution is 7.18. The topological polar surface area (TPSA) is 36.7 Å². The van der Waals surface area contributed by atoms with Gasteiger partial charge in [0.05, 0.1) is 26.7 Å². The third-order valence-electron chi connectivity index (χ3n) is 5.00. The van der Waals surface area contributed by atoms with E-state index in [1.54, 1.807) is 11.3 Å². The second kappa shape index (κ2) is 5.77. The van der Waals surface area contributed by atoms with Crippen LogP contribution in [0, 0.1) is 28.6 Å². The molecule has 0 bridgehead atoms. The highest BCUT2D eigenvalue weighted by Crippen LogP contribution is 2.43. The van der Waals surface area contributed by atoms with Crippen molar-refractivity contribution in [3.05, 3.63) is 29.3 Å². The summed E-state index contributed by atoms with van der Waals surface area (Å²) < 4.78 is 1.23. The zero-order valence-electron chi connectivity index (χ0n) is 12.8. The lowest BCUT2D eigenvalue weighted by Gasteiger charge is -2.36. The van der Waals surface area contributed by atoms with Crippen LogP contribution in [0.1, 0.15) is 44.5 Å². The zero-order valence-corrected chi connectivity index (χ0v) is 13.6. The van der Waals surface area contributed by atoms with E-state index in [1.807, 2.05) is 6.07 Å². The van der Waals surface area contributed by atoms with Crippen molar-refractivity contribution in [2.75, 3.05) is 0 Å². The standard InChI is InChI=1S/C18H22N2S/c1-13(2)14-7-9-18(12-19,10-8-14)11-17-20-15-5-3-4-6-16(15)21-17/h3-6,13-14H,7-11H2,1-2H3. The minimum absolute atomic E-state index is 0.181. The van der Waals surface area contributed by atoms with Gasteiger partial charge in [-0.15, -0.1) is 11.3 Å². The van der Waals surface area contributed by atoms with E-state index in [2.05, 4.69) is 38.1 Å². The summed E-state index contributed by atoms with van der Waals surface area (Å²) in [5.41, 5.74) is 0.890. The predicted molar refractivity (Wildman–Crippen MR) is 88.2 cm³/mol. The van der Waals surface area contributed by atoms with Crippen molar-refractivity contribution in [3.63, 3.8) is 0 Å². The minimum Gasteiger partial charge on any atom is -0.241 e. The van der Waals surface area contributed by atoms with E-state index in [9.17, 15) is 5.26 Å². The first-order chi connectivity index (χ1) is 10.1. The highest BCUT2D eigenvalue weighted by atomic mass is 32.1. The fourth-order valence-corrected chi connectivity index (χ4v) is 4.58. The monoisotopic (exact) mass is 298 g/mol. The Morgan fingerprint density at radius 1 is 1.33 bits per heavy atom. The Bertz CT molecular complexity index is 624. The molecule has 0 radical (unpaired) electrons. The first-order valence-corrected chi connectivity index (χ1v) is 8.69. The molecule has 0 aliphatic heterocycles. The van der Waals surface area contributed by atoms with Gasteiger partial charge in [-0.05, 0) is 49.7 Å². The molecule has 1 fully saturated rings. The van der Waals surface area contributed by atoms with Gasteiger partial charge in [-0.25, -0.2) is 4.98 Å². The fraction of sp³-hybridized carbons (Fsp3) is 0.556. The van der Waals surface area contributed by atoms with E-state index in [0.29, 0.717) is 0 Å². The summed E-state index contributed by atoms with van der Waals surface area (Å²) in [7, 11) is 0. The number of nitrogens with zero attached hydrogens (tertiary/aromatic N) is 2. The molecule has 1 aliphatic rings. The molecule has 3 rings (SSSR count). The Hall–Kier alpha value is -1.40. The van der Waals surface area contributed by atoms with Crippen molar-refractivity contribution in [1.29, 1.82) is 5.26 Å². The fourth-order valence-electron chi connectivity index (χ4n) is 3.47. The van der Waals surface area contributed by atoms with E-state index in [-0.39, 0.29) is 5.41 Å². The molecule has 1 aromatic carbocycles. The van der Waals surface area contributed by atoms with Crippen molar-refractivity contribution >= 4 is 21.6 Å². The van der Waals surface area contributed by atoms with Crippen LogP contribution in [0.3, 0.4) is 0 Å². The van der Waals surface area contributed by atoms with E-state index in [1.165, 1.54) is 17.5 Å². The van der Waals surface area contributed by atoms with Crippen molar-refractivity contribution in [3.8, 4) is 6.07 Å². The van der Waals surface area contributed by atoms with Crippen LogP contribution >= 0.6 is 11.3 Å². The van der Waals surface area contributed by atoms with Gasteiger partial charge in [-0.2, -0.15) is 5.26 Å². The van der Waals surface area contributed by atoms with Crippen LogP contribution in [0.25, 0.3) is 10.2 Å². The van der Waals surface area contributed by atoms with Gasteiger partial charge >= 0.3 is 0 Å². The summed E-state index contributed by atoms with van der Waals surface area (Å²) in [4.78, 5) is 4.72. The largest absolute Gasteiger partial charge is 0.241 e. The van der Waals surface area contributed by atoms with Crippen molar-refractivity contribution in [1.82, 2.24) is 4.98 Å². The molecular weight excluding hydrogens is 276 g/mol. The lowest BCUT2D eigenvalue weighted by atomic mass is 9.67. The molecule has 2 aromatic rings. The quantitative estimate of drug-likeness (QED) is 0.781. The Morgan fingerprint density at radius 3 is 2.67 bits per heavy atom. The van der Waals surface area contributed by atoms with Crippen LogP contribution in [0.4, 0.5) is 0 Å². The van der Waals surface area contributed by atoms with E-state index in [4.69, 9.17) is 4.98 Å². The molecule has 0 atom stereocenters. The maximum absolute atomic E-state index is 9.73. The smallest absolute Gasteiger partial charge is 0.0954 e. The number of aromatic nitrogens is 1. The van der Waals surface area contributed by atoms with Crippen molar-refractivity contribution in [2.45, 2.75) is 46.0 Å². The molecule has 0 N–H and O–H groups in total. The molecule has 3 heteroatoms. The first-order valence-electron chi connectivity index (χ1n) is 7.88. The molecule has 1 saturated carbocycles. The Morgan fingerprint density at radius 2 is 2.05 bits per heavy atom. The van der Waals surface area contributed by atoms with Gasteiger partial charge in [-0.1, -0.05) is 26.0 Å². The number of hydrogen-bond acceptors (Lipinski definition) is 3. The van der Waals surface area contributed by atoms with Gasteiger partial charge in [0.25, 0.3) is 0 Å². The molecule has 110 valence electrons. The second-order valence-corrected chi connectivity index (χ2v) is 7.84. The summed E-state index contributed by atoms with van der Waals surface area (Å²) in [5.74, 6) is 1.53. The molecule has 21 heavy (non-hydrogen) atoms. The van der Waals surface area contributed by atoms with Gasteiger partial charge < -0.3 is 0 Å². The number of fused-ring (bicyclic) bond motifs is 1. The van der Waals surface area contributed by atoms with Crippen LogP contribution < -0.4 is 0 Å². The molecule has 0 spiro atoms. The van der Waals surface area contributed by atoms with Gasteiger partial charge in [0, 0.05) is 6.42 Å². The van der Waals surface area contributed by atoms with Gasteiger partial charge in [-0.3, -0.25) is 0 Å². The highest BCUT2D eigenvalue weighted by Gasteiger charge is 2.37. The average Bonchev–Trinajstić information content (AvgIpc) is 2.89. The predicted octanol–water partition coefficient (Wildman–Crippen LogP) is 5.19. The van der Waals surface area contributed by atoms with E-state index >= 15 is 0 Å². The third-order valence-corrected chi connectivity index (χ3v) is 6.03. The van der Waals surface area contributed by atoms with Gasteiger partial charge in [0.15, 0.2) is 0 Å². The zero-order chi connectivity index (χ0) is 14.9. The minimum atomic E-state index is -0.181. The second-order valence-electron chi connectivity index (χ2n) is 6.73. The van der Waals surface area contributed by atoms with Crippen LogP contribution in [0.15, 0.2) is 24.3 Å². The van der Waals surface area contributed by atoms with Crippen molar-refractivity contribution in [2.24, 2.45) is 17.3 Å². The van der Waals surface area contributed by atoms with Crippen LogP contribution in [0.5, 0.6) is 0 Å². The lowest BCUT2D eigenvalue weighted by Crippen LogP contribution is -2.30. The normalized spacial score (nSPS) is 26.1. The number of benzene rings is 1. The molecule has 1 aliphatic carbocycles. The summed E-state index contributed by atoms with van der Waals surface area (Å²) in [6, 6.07) is 10.9. The molecule has 0 amide bonds. The van der Waals surface area contributed by atoms with Crippen LogP contribution in [0.2, 0.25) is 0 Å². The Labute approximate surface area is 130 Å². The molecule has 1 aromatic heterocycles. The number of rotatable bonds is 3. The Kier molecular flexibility index (Phi) is 3.99. The van der Waals surface area contributed by atoms with Crippen LogP contribution in [-0.2, 0) is 6.42 Å². The summed E-state index contributed by atoms with van der Waals surface area (Å²) >= 11 is 1.75. The number of hydrogen-bond donors (Lipinski definition) is 0. The maximum atomic E-state index is 9.73. The average molecular weight is 298 g/mol. The van der Waals surface area contributed by atoms with Gasteiger partial charge in [0.2, 0.25) is 0 Å². The molecule has 2 nitrogen and oxygen atoms in total. The maximum Gasteiger partial charge on any atom is 0.0954 e. The summed E-state index contributed by atoms with van der Waals surface area (Å²) in [5, 5.41) is 10.9. The number of para-hydroxylation sites is 1. The lowest BCUT2D eigenvalue weighted by molar-refractivity contribution is 0.175. The van der Waals surface area contributed by atoms with Gasteiger partial charge in [0.1, 0.15) is 0 Å². The third kappa shape index (κ3) is 2.96. The van der Waals surface area contributed by atoms with Crippen LogP contribution in [-0.4, -0.2) is 4.98 Å². The van der Waals surface area contributed by atoms with Crippen molar-refractivity contribution < 1.29 is 0 Å². The van der Waals surface area contributed by atoms with E-state index < -0.39 is 0 Å². The Balaban J connectivity index is 1.77. The number of nitriles is 1. The molecule has 1 heterocycles. The summed E-state index contributed by atoms with van der Waals surface area (Å²) in [6.45, 7) is 4.61. The van der Waals surface area contributed by atoms with E-state index in [0.717, 1.165) is 41.6 Å². The molecular formula is C18H22N2S. The first kappa shape index (κ1) is 14.5. The molecule has 0 unspecified atom stereocenters. The summed E-state index contributed by atoms with van der Waals surface area (Å²) in [6.07, 6.45) is 5.27. The number of thiazole rings is 1. The molecule has 0 saturated heterocycles. The SMILES string of the molecule is CC(C)C1CCC(C#N)(Cc2nc3ccccc3s2)CC1.